The van der Waals surface area contributed by atoms with E-state index in [0.717, 1.165) is 13.2 Å². The lowest BCUT2D eigenvalue weighted by molar-refractivity contribution is -0.179. The fourth-order valence-corrected chi connectivity index (χ4v) is 3.49. The molecule has 8 heteroatoms. The minimum atomic E-state index is -4.24. The van der Waals surface area contributed by atoms with E-state index in [2.05, 4.69) is 0 Å². The summed E-state index contributed by atoms with van der Waals surface area (Å²) in [4.78, 5) is 3.42. The molecule has 22 heavy (non-hydrogen) atoms. The van der Waals surface area contributed by atoms with Gasteiger partial charge >= 0.3 is 6.18 Å². The van der Waals surface area contributed by atoms with Crippen molar-refractivity contribution >= 4 is 15.5 Å². The first kappa shape index (κ1) is 17.1. The standard InChI is InChI=1S/C14H19F3N2O2S/c1-11(14(15,16)17)18-7-9-19(10-8-18)12-5-3-4-6-13(12)22(2,20)21/h3-6,11H,7-10H2,1-2H3/t11-/m1/s1. The Morgan fingerprint density at radius 1 is 1.09 bits per heavy atom. The highest BCUT2D eigenvalue weighted by Gasteiger charge is 2.41. The molecule has 0 spiro atoms. The minimum absolute atomic E-state index is 0.215. The zero-order chi connectivity index (χ0) is 16.5. The van der Waals surface area contributed by atoms with Gasteiger partial charge in [0.25, 0.3) is 0 Å². The summed E-state index contributed by atoms with van der Waals surface area (Å²) in [6.07, 6.45) is -3.11. The van der Waals surface area contributed by atoms with Gasteiger partial charge in [0, 0.05) is 32.4 Å². The summed E-state index contributed by atoms with van der Waals surface area (Å²) in [7, 11) is -3.37. The smallest absolute Gasteiger partial charge is 0.368 e. The van der Waals surface area contributed by atoms with Crippen molar-refractivity contribution in [1.82, 2.24) is 4.90 Å². The lowest BCUT2D eigenvalue weighted by atomic mass is 10.2. The average molecular weight is 336 g/mol. The van der Waals surface area contributed by atoms with Crippen molar-refractivity contribution in [3.63, 3.8) is 0 Å². The van der Waals surface area contributed by atoms with Gasteiger partial charge in [-0.1, -0.05) is 12.1 Å². The average Bonchev–Trinajstić information content (AvgIpc) is 2.45. The molecule has 0 aromatic heterocycles. The van der Waals surface area contributed by atoms with Crippen LogP contribution in [0.1, 0.15) is 6.92 Å². The lowest BCUT2D eigenvalue weighted by Gasteiger charge is -2.39. The van der Waals surface area contributed by atoms with Crippen LogP contribution in [-0.4, -0.2) is 58.0 Å². The Kier molecular flexibility index (Phi) is 4.72. The molecule has 0 saturated carbocycles. The van der Waals surface area contributed by atoms with Gasteiger partial charge in [0.15, 0.2) is 9.84 Å². The second-order valence-electron chi connectivity index (χ2n) is 5.48. The molecule has 0 amide bonds. The van der Waals surface area contributed by atoms with Gasteiger partial charge in [-0.3, -0.25) is 4.90 Å². The third kappa shape index (κ3) is 3.73. The number of halogens is 3. The minimum Gasteiger partial charge on any atom is -0.368 e. The van der Waals surface area contributed by atoms with Crippen LogP contribution in [0.15, 0.2) is 29.2 Å². The van der Waals surface area contributed by atoms with Gasteiger partial charge in [-0.2, -0.15) is 13.2 Å². The maximum absolute atomic E-state index is 12.7. The van der Waals surface area contributed by atoms with E-state index >= 15 is 0 Å². The summed E-state index contributed by atoms with van der Waals surface area (Å²) in [5, 5.41) is 0. The van der Waals surface area contributed by atoms with Crippen LogP contribution in [0, 0.1) is 0 Å². The van der Waals surface area contributed by atoms with E-state index in [1.165, 1.54) is 11.0 Å². The highest BCUT2D eigenvalue weighted by atomic mass is 32.2. The predicted octanol–water partition coefficient (Wildman–Crippen LogP) is 2.16. The molecule has 1 aliphatic heterocycles. The molecule has 4 nitrogen and oxygen atoms in total. The number of rotatable bonds is 3. The Hall–Kier alpha value is -1.28. The molecule has 1 fully saturated rings. The fourth-order valence-electron chi connectivity index (χ4n) is 2.59. The van der Waals surface area contributed by atoms with E-state index < -0.39 is 22.1 Å². The van der Waals surface area contributed by atoms with E-state index in [4.69, 9.17) is 0 Å². The molecule has 2 rings (SSSR count). The Balaban J connectivity index is 2.14. The van der Waals surface area contributed by atoms with Crippen molar-refractivity contribution in [2.24, 2.45) is 0 Å². The summed E-state index contributed by atoms with van der Waals surface area (Å²) in [6.45, 7) is 2.39. The number of hydrogen-bond donors (Lipinski definition) is 0. The number of nitrogens with zero attached hydrogens (tertiary/aromatic N) is 2. The normalized spacial score (nSPS) is 19.2. The van der Waals surface area contributed by atoms with Crippen LogP contribution in [-0.2, 0) is 9.84 Å². The molecule has 0 radical (unpaired) electrons. The van der Waals surface area contributed by atoms with Crippen LogP contribution >= 0.6 is 0 Å². The zero-order valence-electron chi connectivity index (χ0n) is 12.5. The highest BCUT2D eigenvalue weighted by molar-refractivity contribution is 7.90. The second kappa shape index (κ2) is 6.08. The molecule has 0 unspecified atom stereocenters. The topological polar surface area (TPSA) is 40.6 Å². The van der Waals surface area contributed by atoms with Crippen molar-refractivity contribution in [2.45, 2.75) is 24.0 Å². The van der Waals surface area contributed by atoms with Gasteiger partial charge in [-0.05, 0) is 19.1 Å². The van der Waals surface area contributed by atoms with E-state index in [-0.39, 0.29) is 18.0 Å². The third-order valence-corrected chi connectivity index (χ3v) is 5.09. The van der Waals surface area contributed by atoms with Crippen LogP contribution in [0.3, 0.4) is 0 Å². The molecular weight excluding hydrogens is 317 g/mol. The Bertz CT molecular complexity index is 623. The van der Waals surface area contributed by atoms with Gasteiger partial charge in [0.05, 0.1) is 10.6 Å². The van der Waals surface area contributed by atoms with E-state index in [1.807, 2.05) is 4.90 Å². The van der Waals surface area contributed by atoms with Crippen LogP contribution < -0.4 is 4.90 Å². The van der Waals surface area contributed by atoms with Crippen molar-refractivity contribution < 1.29 is 21.6 Å². The summed E-state index contributed by atoms with van der Waals surface area (Å²) in [5.41, 5.74) is 0.560. The number of hydrogen-bond acceptors (Lipinski definition) is 4. The van der Waals surface area contributed by atoms with E-state index in [0.29, 0.717) is 18.8 Å². The molecule has 1 saturated heterocycles. The summed E-state index contributed by atoms with van der Waals surface area (Å²) in [6, 6.07) is 5.10. The number of para-hydroxylation sites is 1. The van der Waals surface area contributed by atoms with Gasteiger partial charge in [0.1, 0.15) is 6.04 Å². The van der Waals surface area contributed by atoms with Crippen LogP contribution in [0.2, 0.25) is 0 Å². The fraction of sp³-hybridized carbons (Fsp3) is 0.571. The highest BCUT2D eigenvalue weighted by Crippen LogP contribution is 2.29. The number of alkyl halides is 3. The maximum atomic E-state index is 12.7. The number of piperazine rings is 1. The first-order valence-corrected chi connectivity index (χ1v) is 8.84. The monoisotopic (exact) mass is 336 g/mol. The molecule has 1 aliphatic rings. The van der Waals surface area contributed by atoms with Crippen molar-refractivity contribution in [3.8, 4) is 0 Å². The maximum Gasteiger partial charge on any atom is 0.403 e. The lowest BCUT2D eigenvalue weighted by Crippen LogP contribution is -2.53. The first-order chi connectivity index (χ1) is 10.1. The quantitative estimate of drug-likeness (QED) is 0.848. The van der Waals surface area contributed by atoms with E-state index in [9.17, 15) is 21.6 Å². The largest absolute Gasteiger partial charge is 0.403 e. The zero-order valence-corrected chi connectivity index (χ0v) is 13.3. The number of benzene rings is 1. The van der Waals surface area contributed by atoms with E-state index in [1.54, 1.807) is 18.2 Å². The molecule has 1 atom stereocenters. The van der Waals surface area contributed by atoms with Crippen molar-refractivity contribution in [3.05, 3.63) is 24.3 Å². The first-order valence-electron chi connectivity index (χ1n) is 6.95. The molecule has 1 aromatic carbocycles. The summed E-state index contributed by atoms with van der Waals surface area (Å²) in [5.74, 6) is 0. The van der Waals surface area contributed by atoms with Gasteiger partial charge < -0.3 is 4.90 Å². The summed E-state index contributed by atoms with van der Waals surface area (Å²) < 4.78 is 61.8. The Morgan fingerprint density at radius 3 is 2.14 bits per heavy atom. The molecule has 1 heterocycles. The molecule has 124 valence electrons. The van der Waals surface area contributed by atoms with Crippen LogP contribution in [0.5, 0.6) is 0 Å². The SMILES string of the molecule is C[C@@H](N1CCN(c2ccccc2S(C)(=O)=O)CC1)C(F)(F)F. The van der Waals surface area contributed by atoms with Crippen LogP contribution in [0.4, 0.5) is 18.9 Å². The molecule has 0 bridgehead atoms. The Morgan fingerprint density at radius 2 is 1.64 bits per heavy atom. The summed E-state index contributed by atoms with van der Waals surface area (Å²) >= 11 is 0. The molecule has 0 N–H and O–H groups in total. The van der Waals surface area contributed by atoms with Crippen LogP contribution in [0.25, 0.3) is 0 Å². The number of anilines is 1. The molecule has 1 aromatic rings. The Labute approximate surface area is 128 Å². The molecular formula is C14H19F3N2O2S. The molecule has 0 aliphatic carbocycles. The second-order valence-corrected chi connectivity index (χ2v) is 7.46. The van der Waals surface area contributed by atoms with Gasteiger partial charge in [-0.15, -0.1) is 0 Å². The number of sulfone groups is 1. The van der Waals surface area contributed by atoms with Crippen molar-refractivity contribution in [2.75, 3.05) is 37.3 Å². The van der Waals surface area contributed by atoms with Gasteiger partial charge in [0.2, 0.25) is 0 Å². The predicted molar refractivity (Wildman–Crippen MR) is 78.9 cm³/mol. The van der Waals surface area contributed by atoms with Gasteiger partial charge in [-0.25, -0.2) is 8.42 Å². The third-order valence-electron chi connectivity index (χ3n) is 3.94. The van der Waals surface area contributed by atoms with Crippen molar-refractivity contribution in [1.29, 1.82) is 0 Å².